The summed E-state index contributed by atoms with van der Waals surface area (Å²) in [7, 11) is 1.74. The summed E-state index contributed by atoms with van der Waals surface area (Å²) in [4.78, 5) is 26.1. The highest BCUT2D eigenvalue weighted by Gasteiger charge is 2.34. The highest BCUT2D eigenvalue weighted by molar-refractivity contribution is 5.77. The van der Waals surface area contributed by atoms with Crippen molar-refractivity contribution in [1.82, 2.24) is 9.80 Å². The minimum Gasteiger partial charge on any atom is -0.481 e. The minimum absolute atomic E-state index is 0.00712. The first kappa shape index (κ1) is 13.4. The number of amides is 2. The van der Waals surface area contributed by atoms with Gasteiger partial charge in [0.15, 0.2) is 0 Å². The van der Waals surface area contributed by atoms with Crippen LogP contribution in [-0.4, -0.2) is 46.5 Å². The van der Waals surface area contributed by atoms with Gasteiger partial charge in [0.1, 0.15) is 0 Å². The minimum atomic E-state index is -0.817. The molecule has 2 rings (SSSR count). The largest absolute Gasteiger partial charge is 0.481 e. The average molecular weight is 262 g/mol. The molecule has 0 saturated carbocycles. The van der Waals surface area contributed by atoms with Gasteiger partial charge in [0.25, 0.3) is 0 Å². The van der Waals surface area contributed by atoms with Crippen molar-refractivity contribution in [2.45, 2.75) is 25.4 Å². The molecule has 1 heterocycles. The van der Waals surface area contributed by atoms with Crippen molar-refractivity contribution in [1.29, 1.82) is 0 Å². The van der Waals surface area contributed by atoms with Gasteiger partial charge < -0.3 is 14.9 Å². The summed E-state index contributed by atoms with van der Waals surface area (Å²) in [5.41, 5.74) is 1.09. The summed E-state index contributed by atoms with van der Waals surface area (Å²) in [6.07, 6.45) is 0.602. The van der Waals surface area contributed by atoms with Crippen molar-refractivity contribution in [2.75, 3.05) is 13.6 Å². The van der Waals surface area contributed by atoms with Gasteiger partial charge in [0.2, 0.25) is 0 Å². The van der Waals surface area contributed by atoms with Crippen LogP contribution in [0.2, 0.25) is 0 Å². The summed E-state index contributed by atoms with van der Waals surface area (Å²) in [5, 5.41) is 8.71. The molecule has 1 aliphatic rings. The SMILES string of the molecule is CN1C(=O)N(Cc2ccccc2)CC1CCC(=O)O. The van der Waals surface area contributed by atoms with Crippen LogP contribution in [0.3, 0.4) is 0 Å². The number of urea groups is 1. The van der Waals surface area contributed by atoms with Crippen molar-refractivity contribution in [3.8, 4) is 0 Å². The van der Waals surface area contributed by atoms with Gasteiger partial charge in [0, 0.05) is 26.6 Å². The number of aliphatic carboxylic acids is 1. The van der Waals surface area contributed by atoms with Crippen molar-refractivity contribution >= 4 is 12.0 Å². The maximum absolute atomic E-state index is 12.1. The Morgan fingerprint density at radius 1 is 1.37 bits per heavy atom. The van der Waals surface area contributed by atoms with Gasteiger partial charge in [-0.2, -0.15) is 0 Å². The zero-order valence-corrected chi connectivity index (χ0v) is 11.0. The van der Waals surface area contributed by atoms with Crippen LogP contribution in [0.4, 0.5) is 4.79 Å². The molecule has 1 fully saturated rings. The fourth-order valence-electron chi connectivity index (χ4n) is 2.35. The molecule has 0 aliphatic carbocycles. The van der Waals surface area contributed by atoms with Crippen LogP contribution in [0.5, 0.6) is 0 Å². The Labute approximate surface area is 112 Å². The lowest BCUT2D eigenvalue weighted by Crippen LogP contribution is -2.31. The number of hydrogen-bond acceptors (Lipinski definition) is 2. The molecule has 0 aromatic heterocycles. The van der Waals surface area contributed by atoms with E-state index < -0.39 is 5.97 Å². The van der Waals surface area contributed by atoms with Crippen molar-refractivity contribution in [3.05, 3.63) is 35.9 Å². The summed E-state index contributed by atoms with van der Waals surface area (Å²) in [6, 6.07) is 9.77. The molecular formula is C14H18N2O3. The highest BCUT2D eigenvalue weighted by atomic mass is 16.4. The first-order valence-electron chi connectivity index (χ1n) is 6.35. The Kier molecular flexibility index (Phi) is 4.04. The quantitative estimate of drug-likeness (QED) is 0.880. The van der Waals surface area contributed by atoms with Crippen LogP contribution in [0.25, 0.3) is 0 Å². The molecule has 1 saturated heterocycles. The van der Waals surface area contributed by atoms with Gasteiger partial charge in [-0.25, -0.2) is 4.79 Å². The van der Waals surface area contributed by atoms with Crippen LogP contribution < -0.4 is 0 Å². The van der Waals surface area contributed by atoms with Crippen LogP contribution >= 0.6 is 0 Å². The fourth-order valence-corrected chi connectivity index (χ4v) is 2.35. The van der Waals surface area contributed by atoms with E-state index in [2.05, 4.69) is 0 Å². The van der Waals surface area contributed by atoms with E-state index >= 15 is 0 Å². The third-order valence-electron chi connectivity index (χ3n) is 3.46. The first-order valence-corrected chi connectivity index (χ1v) is 6.35. The number of carbonyl (C=O) groups is 2. The Morgan fingerprint density at radius 2 is 2.05 bits per heavy atom. The van der Waals surface area contributed by atoms with Crippen LogP contribution in [0.15, 0.2) is 30.3 Å². The molecule has 19 heavy (non-hydrogen) atoms. The summed E-state index contributed by atoms with van der Waals surface area (Å²) >= 11 is 0. The van der Waals surface area contributed by atoms with E-state index in [4.69, 9.17) is 5.11 Å². The van der Waals surface area contributed by atoms with Crippen molar-refractivity contribution in [3.63, 3.8) is 0 Å². The van der Waals surface area contributed by atoms with Crippen molar-refractivity contribution < 1.29 is 14.7 Å². The predicted octanol–water partition coefficient (Wildman–Crippen LogP) is 1.79. The Morgan fingerprint density at radius 3 is 2.68 bits per heavy atom. The van der Waals surface area contributed by atoms with E-state index in [0.717, 1.165) is 5.56 Å². The molecule has 1 N–H and O–H groups in total. The van der Waals surface area contributed by atoms with E-state index in [1.54, 1.807) is 16.8 Å². The lowest BCUT2D eigenvalue weighted by molar-refractivity contribution is -0.137. The Hall–Kier alpha value is -2.04. The average Bonchev–Trinajstić information content (AvgIpc) is 2.66. The summed E-state index contributed by atoms with van der Waals surface area (Å²) in [5.74, 6) is -0.817. The summed E-state index contributed by atoms with van der Waals surface area (Å²) in [6.45, 7) is 1.17. The number of benzene rings is 1. The number of carboxylic acids is 1. The van der Waals surface area contributed by atoms with E-state index in [9.17, 15) is 9.59 Å². The molecule has 5 nitrogen and oxygen atoms in total. The number of carboxylic acid groups (broad SMARTS) is 1. The van der Waals surface area contributed by atoms with Crippen LogP contribution in [0, 0.1) is 0 Å². The molecule has 1 unspecified atom stereocenters. The maximum atomic E-state index is 12.1. The van der Waals surface area contributed by atoms with Crippen molar-refractivity contribution in [2.24, 2.45) is 0 Å². The molecule has 0 radical (unpaired) electrons. The van der Waals surface area contributed by atoms with E-state index in [1.807, 2.05) is 30.3 Å². The predicted molar refractivity (Wildman–Crippen MR) is 70.7 cm³/mol. The second kappa shape index (κ2) is 5.73. The second-order valence-electron chi connectivity index (χ2n) is 4.85. The maximum Gasteiger partial charge on any atom is 0.320 e. The first-order chi connectivity index (χ1) is 9.08. The molecule has 1 aliphatic heterocycles. The Bertz CT molecular complexity index is 461. The van der Waals surface area contributed by atoms with Gasteiger partial charge in [-0.3, -0.25) is 4.79 Å². The number of likely N-dealkylation sites (N-methyl/N-ethyl adjacent to an activating group) is 1. The van der Waals surface area contributed by atoms with Gasteiger partial charge in [0.05, 0.1) is 6.04 Å². The van der Waals surface area contributed by atoms with Crippen LogP contribution in [-0.2, 0) is 11.3 Å². The topological polar surface area (TPSA) is 60.9 Å². The van der Waals surface area contributed by atoms with Gasteiger partial charge in [-0.15, -0.1) is 0 Å². The molecule has 1 atom stereocenters. The van der Waals surface area contributed by atoms with Gasteiger partial charge >= 0.3 is 12.0 Å². The zero-order chi connectivity index (χ0) is 13.8. The highest BCUT2D eigenvalue weighted by Crippen LogP contribution is 2.20. The second-order valence-corrected chi connectivity index (χ2v) is 4.85. The number of rotatable bonds is 5. The lowest BCUT2D eigenvalue weighted by atomic mass is 10.1. The summed E-state index contributed by atoms with van der Waals surface area (Å²) < 4.78 is 0. The van der Waals surface area contributed by atoms with Gasteiger partial charge in [-0.05, 0) is 12.0 Å². The van der Waals surface area contributed by atoms with E-state index in [1.165, 1.54) is 0 Å². The third-order valence-corrected chi connectivity index (χ3v) is 3.46. The monoisotopic (exact) mass is 262 g/mol. The zero-order valence-electron chi connectivity index (χ0n) is 11.0. The van der Waals surface area contributed by atoms with E-state index in [0.29, 0.717) is 19.5 Å². The molecule has 0 spiro atoms. The smallest absolute Gasteiger partial charge is 0.320 e. The molecular weight excluding hydrogens is 244 g/mol. The normalized spacial score (nSPS) is 19.0. The van der Waals surface area contributed by atoms with E-state index in [-0.39, 0.29) is 18.5 Å². The van der Waals surface area contributed by atoms with Gasteiger partial charge in [-0.1, -0.05) is 30.3 Å². The fraction of sp³-hybridized carbons (Fsp3) is 0.429. The molecule has 0 bridgehead atoms. The molecule has 102 valence electrons. The third kappa shape index (κ3) is 3.24. The number of hydrogen-bond donors (Lipinski definition) is 1. The number of nitrogens with zero attached hydrogens (tertiary/aromatic N) is 2. The van der Waals surface area contributed by atoms with Crippen LogP contribution in [0.1, 0.15) is 18.4 Å². The lowest BCUT2D eigenvalue weighted by Gasteiger charge is -2.16. The Balaban J connectivity index is 1.96. The molecule has 2 amide bonds. The molecule has 5 heteroatoms. The molecule has 1 aromatic rings. The molecule has 1 aromatic carbocycles. The number of carbonyl (C=O) groups excluding carboxylic acids is 1. The standard InChI is InChI=1S/C14H18N2O3/c1-15-12(7-8-13(17)18)10-16(14(15)19)9-11-5-3-2-4-6-11/h2-6,12H,7-10H2,1H3,(H,17,18).